The lowest BCUT2D eigenvalue weighted by Crippen LogP contribution is -2.02. The third-order valence-corrected chi connectivity index (χ3v) is 3.24. The van der Waals surface area contributed by atoms with E-state index in [0.717, 1.165) is 25.1 Å². The normalized spacial score (nSPS) is 11.2. The number of hydrogen-bond donors (Lipinski definition) is 2. The Bertz CT molecular complexity index is 581. The fourth-order valence-electron chi connectivity index (χ4n) is 1.62. The number of nitrogens with zero attached hydrogens (tertiary/aromatic N) is 2. The zero-order chi connectivity index (χ0) is 12.3. The molecule has 92 valence electrons. The van der Waals surface area contributed by atoms with Gasteiger partial charge in [-0.2, -0.15) is 0 Å². The van der Waals surface area contributed by atoms with E-state index in [9.17, 15) is 8.42 Å². The third kappa shape index (κ3) is 2.58. The molecule has 5 nitrogen and oxygen atoms in total. The standard InChI is InChI=1S/C11H15N3O2S/c1-2-3-6-12-9-4-5-10-13-7-11(17(15)16)14(10)8-9/h4-5,7-8,12,17H,2-3,6H2,1H3. The lowest BCUT2D eigenvalue weighted by molar-refractivity contribution is 0.610. The minimum absolute atomic E-state index is 0.217. The van der Waals surface area contributed by atoms with E-state index < -0.39 is 10.7 Å². The van der Waals surface area contributed by atoms with E-state index in [0.29, 0.717) is 5.65 Å². The maximum Gasteiger partial charge on any atom is 0.185 e. The molecular formula is C11H15N3O2S. The Labute approximate surface area is 101 Å². The van der Waals surface area contributed by atoms with Crippen LogP contribution < -0.4 is 5.32 Å². The summed E-state index contributed by atoms with van der Waals surface area (Å²) < 4.78 is 23.6. The van der Waals surface area contributed by atoms with Crippen LogP contribution in [0.1, 0.15) is 19.8 Å². The van der Waals surface area contributed by atoms with E-state index in [1.165, 1.54) is 6.20 Å². The van der Waals surface area contributed by atoms with Crippen LogP contribution in [0.4, 0.5) is 5.69 Å². The Balaban J connectivity index is 2.31. The highest BCUT2D eigenvalue weighted by atomic mass is 32.2. The molecule has 0 saturated carbocycles. The lowest BCUT2D eigenvalue weighted by Gasteiger charge is -2.06. The maximum absolute atomic E-state index is 11.0. The summed E-state index contributed by atoms with van der Waals surface area (Å²) in [6.45, 7) is 3.01. The molecule has 0 aliphatic heterocycles. The number of thiol groups is 1. The number of hydrogen-bond acceptors (Lipinski definition) is 4. The van der Waals surface area contributed by atoms with E-state index in [1.54, 1.807) is 16.7 Å². The largest absolute Gasteiger partial charge is 0.384 e. The summed E-state index contributed by atoms with van der Waals surface area (Å²) in [5.74, 6) is 0. The van der Waals surface area contributed by atoms with Crippen LogP contribution in [0.15, 0.2) is 29.6 Å². The first-order valence-corrected chi connectivity index (χ1v) is 6.75. The summed E-state index contributed by atoms with van der Waals surface area (Å²) in [7, 11) is -2.61. The number of anilines is 1. The van der Waals surface area contributed by atoms with Gasteiger partial charge in [0.2, 0.25) is 0 Å². The molecule has 0 saturated heterocycles. The number of nitrogens with one attached hydrogen (secondary N) is 1. The second-order valence-corrected chi connectivity index (χ2v) is 4.77. The Morgan fingerprint density at radius 3 is 2.94 bits per heavy atom. The summed E-state index contributed by atoms with van der Waals surface area (Å²) in [5, 5.41) is 3.46. The number of unbranched alkanes of at least 4 members (excludes halogenated alkanes) is 1. The summed E-state index contributed by atoms with van der Waals surface area (Å²) >= 11 is 0. The zero-order valence-corrected chi connectivity index (χ0v) is 10.5. The highest BCUT2D eigenvalue weighted by Crippen LogP contribution is 2.13. The first-order valence-electron chi connectivity index (χ1n) is 5.57. The third-order valence-electron chi connectivity index (χ3n) is 2.53. The number of imidazole rings is 1. The molecule has 6 heteroatoms. The van der Waals surface area contributed by atoms with Crippen molar-refractivity contribution in [1.82, 2.24) is 9.38 Å². The van der Waals surface area contributed by atoms with E-state index in [-0.39, 0.29) is 5.03 Å². The molecule has 2 aromatic heterocycles. The van der Waals surface area contributed by atoms with Crippen molar-refractivity contribution in [3.05, 3.63) is 24.5 Å². The zero-order valence-electron chi connectivity index (χ0n) is 9.59. The summed E-state index contributed by atoms with van der Waals surface area (Å²) in [5.41, 5.74) is 1.54. The molecule has 2 rings (SSSR count). The quantitative estimate of drug-likeness (QED) is 0.626. The first-order chi connectivity index (χ1) is 8.22. The molecule has 0 bridgehead atoms. The predicted octanol–water partition coefficient (Wildman–Crippen LogP) is 1.52. The van der Waals surface area contributed by atoms with Crippen LogP contribution in [0.2, 0.25) is 0 Å². The van der Waals surface area contributed by atoms with E-state index in [4.69, 9.17) is 0 Å². The van der Waals surface area contributed by atoms with Gasteiger partial charge in [0.25, 0.3) is 0 Å². The van der Waals surface area contributed by atoms with Gasteiger partial charge in [0.05, 0.1) is 11.9 Å². The van der Waals surface area contributed by atoms with Gasteiger partial charge in [-0.25, -0.2) is 13.4 Å². The van der Waals surface area contributed by atoms with Crippen molar-refractivity contribution >= 4 is 22.0 Å². The maximum atomic E-state index is 11.0. The van der Waals surface area contributed by atoms with Crippen molar-refractivity contribution in [2.45, 2.75) is 24.8 Å². The van der Waals surface area contributed by atoms with Crippen LogP contribution in [0.3, 0.4) is 0 Å². The van der Waals surface area contributed by atoms with Crippen LogP contribution in [-0.4, -0.2) is 24.3 Å². The second-order valence-electron chi connectivity index (χ2n) is 3.80. The molecule has 0 radical (unpaired) electrons. The molecule has 2 heterocycles. The fraction of sp³-hybridized carbons (Fsp3) is 0.364. The van der Waals surface area contributed by atoms with Crippen LogP contribution in [0.25, 0.3) is 5.65 Å². The summed E-state index contributed by atoms with van der Waals surface area (Å²) in [6, 6.07) is 3.70. The van der Waals surface area contributed by atoms with Crippen LogP contribution in [0, 0.1) is 0 Å². The molecular weight excluding hydrogens is 238 g/mol. The van der Waals surface area contributed by atoms with Crippen molar-refractivity contribution in [3.63, 3.8) is 0 Å². The predicted molar refractivity (Wildman–Crippen MR) is 67.2 cm³/mol. The van der Waals surface area contributed by atoms with Crippen molar-refractivity contribution in [3.8, 4) is 0 Å². The molecule has 0 spiro atoms. The summed E-state index contributed by atoms with van der Waals surface area (Å²) in [6.07, 6.45) is 5.35. The fourth-order valence-corrected chi connectivity index (χ4v) is 2.10. The van der Waals surface area contributed by atoms with Crippen molar-refractivity contribution < 1.29 is 8.42 Å². The minimum Gasteiger partial charge on any atom is -0.384 e. The molecule has 0 unspecified atom stereocenters. The van der Waals surface area contributed by atoms with Crippen LogP contribution >= 0.6 is 0 Å². The van der Waals surface area contributed by atoms with E-state index in [1.807, 2.05) is 6.07 Å². The SMILES string of the molecule is CCCCNc1ccc2ncc([SH](=O)=O)n2c1. The number of pyridine rings is 1. The molecule has 0 fully saturated rings. The Morgan fingerprint density at radius 2 is 2.24 bits per heavy atom. The van der Waals surface area contributed by atoms with Gasteiger partial charge in [-0.15, -0.1) is 0 Å². The van der Waals surface area contributed by atoms with Gasteiger partial charge in [-0.1, -0.05) is 13.3 Å². The molecule has 17 heavy (non-hydrogen) atoms. The molecule has 1 N–H and O–H groups in total. The minimum atomic E-state index is -2.61. The van der Waals surface area contributed by atoms with Gasteiger partial charge in [0, 0.05) is 12.7 Å². The molecule has 0 atom stereocenters. The Kier molecular flexibility index (Phi) is 3.63. The first kappa shape index (κ1) is 11.9. The van der Waals surface area contributed by atoms with Crippen molar-refractivity contribution in [1.29, 1.82) is 0 Å². The smallest absolute Gasteiger partial charge is 0.185 e. The lowest BCUT2D eigenvalue weighted by atomic mass is 10.3. The van der Waals surface area contributed by atoms with Gasteiger partial charge in [0.1, 0.15) is 5.65 Å². The van der Waals surface area contributed by atoms with Gasteiger partial charge in [0.15, 0.2) is 15.7 Å². The monoisotopic (exact) mass is 253 g/mol. The highest BCUT2D eigenvalue weighted by Gasteiger charge is 2.05. The van der Waals surface area contributed by atoms with E-state index >= 15 is 0 Å². The number of rotatable bonds is 5. The van der Waals surface area contributed by atoms with Crippen LogP contribution in [0.5, 0.6) is 0 Å². The molecule has 0 aromatic carbocycles. The van der Waals surface area contributed by atoms with Crippen molar-refractivity contribution in [2.75, 3.05) is 11.9 Å². The Morgan fingerprint density at radius 1 is 1.41 bits per heavy atom. The average molecular weight is 253 g/mol. The van der Waals surface area contributed by atoms with Crippen LogP contribution in [-0.2, 0) is 10.7 Å². The van der Waals surface area contributed by atoms with Gasteiger partial charge in [-0.3, -0.25) is 4.40 Å². The summed E-state index contributed by atoms with van der Waals surface area (Å²) in [4.78, 5) is 4.03. The number of fused-ring (bicyclic) bond motifs is 1. The topological polar surface area (TPSA) is 63.5 Å². The Hall–Kier alpha value is -1.56. The molecule has 0 amide bonds. The van der Waals surface area contributed by atoms with Gasteiger partial charge in [-0.05, 0) is 18.6 Å². The second kappa shape index (κ2) is 5.18. The van der Waals surface area contributed by atoms with Gasteiger partial charge < -0.3 is 5.32 Å². The van der Waals surface area contributed by atoms with E-state index in [2.05, 4.69) is 17.2 Å². The highest BCUT2D eigenvalue weighted by molar-refractivity contribution is 7.72. The molecule has 2 aromatic rings. The van der Waals surface area contributed by atoms with Gasteiger partial charge >= 0.3 is 0 Å². The number of aromatic nitrogens is 2. The average Bonchev–Trinajstić information content (AvgIpc) is 2.72. The van der Waals surface area contributed by atoms with Crippen molar-refractivity contribution in [2.24, 2.45) is 0 Å². The molecule has 0 aliphatic rings. The molecule has 0 aliphatic carbocycles.